The van der Waals surface area contributed by atoms with Crippen molar-refractivity contribution >= 4 is 16.8 Å². The molecule has 0 aliphatic carbocycles. The Labute approximate surface area is 214 Å². The van der Waals surface area contributed by atoms with Crippen LogP contribution in [0.3, 0.4) is 0 Å². The molecule has 1 unspecified atom stereocenters. The summed E-state index contributed by atoms with van der Waals surface area (Å²) in [5.41, 5.74) is 6.27. The maximum atomic E-state index is 13.4. The molecule has 4 nitrogen and oxygen atoms in total. The van der Waals surface area contributed by atoms with Gasteiger partial charge in [-0.05, 0) is 49.4 Å². The van der Waals surface area contributed by atoms with E-state index in [-0.39, 0.29) is 17.9 Å². The minimum Gasteiger partial charge on any atom is -0.353 e. The Hall–Kier alpha value is -3.37. The van der Waals surface area contributed by atoms with Crippen molar-refractivity contribution in [3.8, 4) is 0 Å². The number of hydrogen-bond donors (Lipinski definition) is 1. The number of para-hydroxylation sites is 1. The van der Waals surface area contributed by atoms with Gasteiger partial charge in [0.1, 0.15) is 0 Å². The lowest BCUT2D eigenvalue weighted by molar-refractivity contribution is -0.122. The van der Waals surface area contributed by atoms with Crippen LogP contribution < -0.4 is 5.32 Å². The smallest absolute Gasteiger partial charge is 0.221 e. The number of nitrogens with zero attached hydrogens (tertiary/aromatic N) is 2. The van der Waals surface area contributed by atoms with Gasteiger partial charge in [-0.1, -0.05) is 78.4 Å². The van der Waals surface area contributed by atoms with Crippen molar-refractivity contribution in [1.29, 1.82) is 0 Å². The fraction of sp³-hybridized carbons (Fsp3) is 0.344. The van der Waals surface area contributed by atoms with Gasteiger partial charge in [0.25, 0.3) is 0 Å². The van der Waals surface area contributed by atoms with E-state index in [0.29, 0.717) is 6.42 Å². The van der Waals surface area contributed by atoms with E-state index >= 15 is 0 Å². The molecular weight excluding hydrogens is 442 g/mol. The Balaban J connectivity index is 1.29. The fourth-order valence-corrected chi connectivity index (χ4v) is 5.57. The van der Waals surface area contributed by atoms with Gasteiger partial charge in [0.05, 0.1) is 0 Å². The summed E-state index contributed by atoms with van der Waals surface area (Å²) in [6.07, 6.45) is 4.72. The predicted molar refractivity (Wildman–Crippen MR) is 148 cm³/mol. The van der Waals surface area contributed by atoms with E-state index in [2.05, 4.69) is 114 Å². The Bertz CT molecular complexity index is 1280. The summed E-state index contributed by atoms with van der Waals surface area (Å²) in [6.45, 7) is 8.22. The van der Waals surface area contributed by atoms with Gasteiger partial charge in [-0.2, -0.15) is 0 Å². The van der Waals surface area contributed by atoms with Crippen LogP contribution in [0.4, 0.5) is 0 Å². The van der Waals surface area contributed by atoms with Gasteiger partial charge in [0.2, 0.25) is 5.91 Å². The van der Waals surface area contributed by atoms with E-state index in [0.717, 1.165) is 39.0 Å². The standard InChI is InChI=1S/C32H37N3O/c1-3-35-23-30(28-11-7-8-12-31(28)35)29(26-15-13-24(2)14-16-26)21-32(36)33-27-17-19-34(20-18-27)22-25-9-5-4-6-10-25/h4-16,23,27,29H,3,17-22H2,1-2H3,(H,33,36). The third-order valence-corrected chi connectivity index (χ3v) is 7.61. The second-order valence-electron chi connectivity index (χ2n) is 10.2. The van der Waals surface area contributed by atoms with Gasteiger partial charge < -0.3 is 9.88 Å². The number of rotatable bonds is 8. The molecule has 186 valence electrons. The molecule has 1 aliphatic heterocycles. The summed E-state index contributed by atoms with van der Waals surface area (Å²) in [4.78, 5) is 15.9. The number of benzene rings is 3. The number of likely N-dealkylation sites (tertiary alicyclic amines) is 1. The SMILES string of the molecule is CCn1cc(C(CC(=O)NC2CCN(Cc3ccccc3)CC2)c2ccc(C)cc2)c2ccccc21. The number of amides is 1. The van der Waals surface area contributed by atoms with Crippen LogP contribution >= 0.6 is 0 Å². The summed E-state index contributed by atoms with van der Waals surface area (Å²) in [7, 11) is 0. The summed E-state index contributed by atoms with van der Waals surface area (Å²) >= 11 is 0. The number of carbonyl (C=O) groups is 1. The summed E-state index contributed by atoms with van der Waals surface area (Å²) in [5, 5.41) is 4.62. The fourth-order valence-electron chi connectivity index (χ4n) is 5.57. The minimum absolute atomic E-state index is 0.0291. The van der Waals surface area contributed by atoms with Crippen molar-refractivity contribution in [3.05, 3.63) is 107 Å². The predicted octanol–water partition coefficient (Wildman–Crippen LogP) is 6.27. The maximum absolute atomic E-state index is 13.4. The largest absolute Gasteiger partial charge is 0.353 e. The van der Waals surface area contributed by atoms with E-state index < -0.39 is 0 Å². The van der Waals surface area contributed by atoms with Gasteiger partial charge in [-0.15, -0.1) is 0 Å². The zero-order valence-corrected chi connectivity index (χ0v) is 21.5. The molecule has 0 saturated carbocycles. The zero-order valence-electron chi connectivity index (χ0n) is 21.5. The van der Waals surface area contributed by atoms with Crippen molar-refractivity contribution in [2.75, 3.05) is 13.1 Å². The van der Waals surface area contributed by atoms with E-state index in [9.17, 15) is 4.79 Å². The molecule has 0 spiro atoms. The first-order valence-corrected chi connectivity index (χ1v) is 13.3. The molecule has 5 rings (SSSR count). The molecule has 1 saturated heterocycles. The highest BCUT2D eigenvalue weighted by Gasteiger charge is 2.25. The third-order valence-electron chi connectivity index (χ3n) is 7.61. The normalized spacial score (nSPS) is 15.7. The molecule has 4 aromatic rings. The summed E-state index contributed by atoms with van der Waals surface area (Å²) in [5.74, 6) is 0.178. The molecule has 1 aliphatic rings. The lowest BCUT2D eigenvalue weighted by Crippen LogP contribution is -2.44. The first-order chi connectivity index (χ1) is 17.6. The van der Waals surface area contributed by atoms with E-state index in [4.69, 9.17) is 0 Å². The van der Waals surface area contributed by atoms with Gasteiger partial charge in [-0.25, -0.2) is 0 Å². The third kappa shape index (κ3) is 5.55. The molecule has 1 atom stereocenters. The van der Waals surface area contributed by atoms with Crippen molar-refractivity contribution in [2.45, 2.75) is 58.2 Å². The number of aromatic nitrogens is 1. The number of hydrogen-bond acceptors (Lipinski definition) is 2. The molecule has 1 amide bonds. The monoisotopic (exact) mass is 479 g/mol. The van der Waals surface area contributed by atoms with Crippen molar-refractivity contribution in [3.63, 3.8) is 0 Å². The van der Waals surface area contributed by atoms with Crippen LogP contribution in [0.5, 0.6) is 0 Å². The Morgan fingerprint density at radius 3 is 2.36 bits per heavy atom. The van der Waals surface area contributed by atoms with Crippen LogP contribution in [-0.2, 0) is 17.9 Å². The Morgan fingerprint density at radius 2 is 1.64 bits per heavy atom. The van der Waals surface area contributed by atoms with Crippen LogP contribution in [0, 0.1) is 6.92 Å². The number of nitrogens with one attached hydrogen (secondary N) is 1. The molecular formula is C32H37N3O. The highest BCUT2D eigenvalue weighted by atomic mass is 16.1. The average molecular weight is 480 g/mol. The van der Waals surface area contributed by atoms with Crippen molar-refractivity contribution in [2.24, 2.45) is 0 Å². The lowest BCUT2D eigenvalue weighted by Gasteiger charge is -2.32. The summed E-state index contributed by atoms with van der Waals surface area (Å²) < 4.78 is 2.30. The average Bonchev–Trinajstić information content (AvgIpc) is 3.28. The van der Waals surface area contributed by atoms with Crippen LogP contribution in [0.15, 0.2) is 85.1 Å². The van der Waals surface area contributed by atoms with Crippen LogP contribution in [0.1, 0.15) is 54.4 Å². The van der Waals surface area contributed by atoms with Gasteiger partial charge in [0.15, 0.2) is 0 Å². The molecule has 1 N–H and O–H groups in total. The van der Waals surface area contributed by atoms with Crippen molar-refractivity contribution in [1.82, 2.24) is 14.8 Å². The molecule has 2 heterocycles. The maximum Gasteiger partial charge on any atom is 0.221 e. The number of aryl methyl sites for hydroxylation is 2. The number of carbonyl (C=O) groups excluding carboxylic acids is 1. The topological polar surface area (TPSA) is 37.3 Å². The molecule has 0 bridgehead atoms. The molecule has 3 aromatic carbocycles. The first-order valence-electron chi connectivity index (χ1n) is 13.3. The van der Waals surface area contributed by atoms with Crippen LogP contribution in [0.2, 0.25) is 0 Å². The van der Waals surface area contributed by atoms with Gasteiger partial charge in [0, 0.05) is 61.7 Å². The first kappa shape index (κ1) is 24.3. The molecule has 1 fully saturated rings. The Kier molecular flexibility index (Phi) is 7.52. The summed E-state index contributed by atoms with van der Waals surface area (Å²) in [6, 6.07) is 28.1. The molecule has 36 heavy (non-hydrogen) atoms. The van der Waals surface area contributed by atoms with Crippen LogP contribution in [-0.4, -0.2) is 34.5 Å². The van der Waals surface area contributed by atoms with Crippen LogP contribution in [0.25, 0.3) is 10.9 Å². The second kappa shape index (κ2) is 11.1. The quantitative estimate of drug-likeness (QED) is 0.323. The highest BCUT2D eigenvalue weighted by molar-refractivity contribution is 5.86. The van der Waals surface area contributed by atoms with Crippen molar-refractivity contribution < 1.29 is 4.79 Å². The van der Waals surface area contributed by atoms with E-state index in [1.165, 1.54) is 33.2 Å². The van der Waals surface area contributed by atoms with Gasteiger partial charge >= 0.3 is 0 Å². The molecule has 1 aromatic heterocycles. The molecule has 0 radical (unpaired) electrons. The lowest BCUT2D eigenvalue weighted by atomic mass is 9.87. The van der Waals surface area contributed by atoms with E-state index in [1.54, 1.807) is 0 Å². The minimum atomic E-state index is 0.0291. The Morgan fingerprint density at radius 1 is 0.944 bits per heavy atom. The second-order valence-corrected chi connectivity index (χ2v) is 10.2. The molecule has 4 heteroatoms. The highest BCUT2D eigenvalue weighted by Crippen LogP contribution is 2.35. The van der Waals surface area contributed by atoms with E-state index in [1.807, 2.05) is 0 Å². The van der Waals surface area contributed by atoms with Gasteiger partial charge in [-0.3, -0.25) is 9.69 Å². The zero-order chi connectivity index (χ0) is 24.9. The number of piperidine rings is 1. The number of fused-ring (bicyclic) bond motifs is 1.